The zero-order valence-corrected chi connectivity index (χ0v) is 20.0. The number of anilines is 1. The van der Waals surface area contributed by atoms with Crippen LogP contribution in [-0.4, -0.2) is 38.6 Å². The van der Waals surface area contributed by atoms with Gasteiger partial charge in [-0.25, -0.2) is 0 Å². The number of pyridine rings is 1. The molecule has 7 rings (SSSR count). The van der Waals surface area contributed by atoms with Gasteiger partial charge < -0.3 is 19.4 Å². The van der Waals surface area contributed by atoms with Crippen molar-refractivity contribution in [3.63, 3.8) is 0 Å². The number of hydrogen-bond donors (Lipinski definition) is 1. The van der Waals surface area contributed by atoms with E-state index in [2.05, 4.69) is 16.9 Å². The van der Waals surface area contributed by atoms with Crippen LogP contribution in [0.25, 0.3) is 10.9 Å². The Morgan fingerprint density at radius 1 is 1.23 bits per heavy atom. The summed E-state index contributed by atoms with van der Waals surface area (Å²) < 4.78 is 16.1. The van der Waals surface area contributed by atoms with E-state index in [1.807, 2.05) is 24.4 Å². The van der Waals surface area contributed by atoms with Crippen molar-refractivity contribution in [1.29, 1.82) is 0 Å². The van der Waals surface area contributed by atoms with Crippen LogP contribution in [0.5, 0.6) is 5.75 Å². The van der Waals surface area contributed by atoms with Crippen molar-refractivity contribution in [2.45, 2.75) is 81.6 Å². The second-order valence-corrected chi connectivity index (χ2v) is 11.1. The molecular weight excluding hydrogens is 444 g/mol. The molecule has 182 valence electrons. The minimum atomic E-state index is -0.338. The lowest BCUT2D eigenvalue weighted by atomic mass is 9.96. The predicted molar refractivity (Wildman–Crippen MR) is 131 cm³/mol. The molecule has 3 heterocycles. The van der Waals surface area contributed by atoms with E-state index < -0.39 is 0 Å². The SMILES string of the molecule is C[C@@]12CC[C@@](n3cc4cc(C(=O)Nc5cccn(C6CC6)c5=O)c(OC5CCC5)cc4n3)(CO1)C2. The fourth-order valence-electron chi connectivity index (χ4n) is 5.86. The molecular formula is C27H30N4O4. The summed E-state index contributed by atoms with van der Waals surface area (Å²) in [5.41, 5.74) is 1.18. The third-order valence-electron chi connectivity index (χ3n) is 8.36. The van der Waals surface area contributed by atoms with Crippen molar-refractivity contribution in [2.75, 3.05) is 11.9 Å². The van der Waals surface area contributed by atoms with E-state index in [4.69, 9.17) is 14.6 Å². The van der Waals surface area contributed by atoms with Crippen molar-refractivity contribution >= 4 is 22.5 Å². The highest BCUT2D eigenvalue weighted by atomic mass is 16.5. The monoisotopic (exact) mass is 474 g/mol. The van der Waals surface area contributed by atoms with Crippen molar-refractivity contribution in [1.82, 2.24) is 14.3 Å². The summed E-state index contributed by atoms with van der Waals surface area (Å²) in [7, 11) is 0. The molecule has 2 aromatic heterocycles. The minimum absolute atomic E-state index is 0.0648. The van der Waals surface area contributed by atoms with Gasteiger partial charge in [0, 0.05) is 36.3 Å². The fraction of sp³-hybridized carbons (Fsp3) is 0.519. The molecule has 35 heavy (non-hydrogen) atoms. The predicted octanol–water partition coefficient (Wildman–Crippen LogP) is 4.38. The van der Waals surface area contributed by atoms with Gasteiger partial charge in [-0.15, -0.1) is 0 Å². The van der Waals surface area contributed by atoms with Gasteiger partial charge in [0.2, 0.25) is 0 Å². The number of carbonyl (C=O) groups is 1. The molecule has 1 amide bonds. The maximum Gasteiger partial charge on any atom is 0.274 e. The Morgan fingerprint density at radius 2 is 2.09 bits per heavy atom. The average Bonchev–Trinajstić information content (AvgIpc) is 3.34. The molecule has 8 heteroatoms. The highest BCUT2D eigenvalue weighted by Crippen LogP contribution is 2.51. The number of benzene rings is 1. The van der Waals surface area contributed by atoms with E-state index in [0.29, 0.717) is 23.6 Å². The van der Waals surface area contributed by atoms with Gasteiger partial charge in [0.15, 0.2) is 0 Å². The van der Waals surface area contributed by atoms with Crippen LogP contribution in [0.4, 0.5) is 5.69 Å². The van der Waals surface area contributed by atoms with Crippen LogP contribution >= 0.6 is 0 Å². The van der Waals surface area contributed by atoms with Gasteiger partial charge in [-0.1, -0.05) is 0 Å². The second-order valence-electron chi connectivity index (χ2n) is 11.1. The van der Waals surface area contributed by atoms with Crippen LogP contribution in [0.15, 0.2) is 41.5 Å². The van der Waals surface area contributed by atoms with Gasteiger partial charge in [0.05, 0.1) is 34.9 Å². The van der Waals surface area contributed by atoms with E-state index in [0.717, 1.165) is 62.3 Å². The molecule has 1 aliphatic heterocycles. The van der Waals surface area contributed by atoms with Gasteiger partial charge in [0.1, 0.15) is 11.4 Å². The fourth-order valence-corrected chi connectivity index (χ4v) is 5.86. The van der Waals surface area contributed by atoms with Crippen molar-refractivity contribution < 1.29 is 14.3 Å². The van der Waals surface area contributed by atoms with Crippen LogP contribution in [0.2, 0.25) is 0 Å². The summed E-state index contributed by atoms with van der Waals surface area (Å²) in [6, 6.07) is 7.46. The first-order chi connectivity index (χ1) is 16.9. The first-order valence-electron chi connectivity index (χ1n) is 12.8. The summed E-state index contributed by atoms with van der Waals surface area (Å²) in [5.74, 6) is 0.190. The molecule has 3 aliphatic carbocycles. The van der Waals surface area contributed by atoms with E-state index in [-0.39, 0.29) is 34.8 Å². The standard InChI is InChI=1S/C27H30N4O4/c1-26-9-10-27(15-26,16-34-26)31-14-17-12-20(23(13-22(17)29-31)35-19-4-2-5-19)24(32)28-21-6-3-11-30(25(21)33)18-7-8-18/h3,6,11-14,18-19H,2,4-5,7-10,15-16H2,1H3,(H,28,32)/t26-,27-/m0/s1. The molecule has 8 nitrogen and oxygen atoms in total. The molecule has 4 aliphatic rings. The normalized spacial score (nSPS) is 27.8. The number of nitrogens with one attached hydrogen (secondary N) is 1. The summed E-state index contributed by atoms with van der Waals surface area (Å²) in [5, 5.41) is 8.66. The van der Waals surface area contributed by atoms with E-state index >= 15 is 0 Å². The van der Waals surface area contributed by atoms with Crippen LogP contribution < -0.4 is 15.6 Å². The quantitative estimate of drug-likeness (QED) is 0.573. The molecule has 2 bridgehead atoms. The number of ether oxygens (including phenoxy) is 2. The topological polar surface area (TPSA) is 87.4 Å². The number of fused-ring (bicyclic) bond motifs is 3. The molecule has 4 fully saturated rings. The lowest BCUT2D eigenvalue weighted by Crippen LogP contribution is -2.33. The Balaban J connectivity index is 1.25. The van der Waals surface area contributed by atoms with Crippen LogP contribution in [0.1, 0.15) is 74.7 Å². The Hall–Kier alpha value is -3.13. The molecule has 3 saturated carbocycles. The number of hydrogen-bond acceptors (Lipinski definition) is 5. The van der Waals surface area contributed by atoms with Gasteiger partial charge in [-0.3, -0.25) is 14.3 Å². The summed E-state index contributed by atoms with van der Waals surface area (Å²) >= 11 is 0. The van der Waals surface area contributed by atoms with Gasteiger partial charge in [0.25, 0.3) is 11.5 Å². The summed E-state index contributed by atoms with van der Waals surface area (Å²) in [4.78, 5) is 26.3. The summed E-state index contributed by atoms with van der Waals surface area (Å²) in [6.07, 6.45) is 12.1. The average molecular weight is 475 g/mol. The Labute approximate surface area is 203 Å². The number of aromatic nitrogens is 3. The smallest absolute Gasteiger partial charge is 0.274 e. The molecule has 0 spiro atoms. The largest absolute Gasteiger partial charge is 0.490 e. The molecule has 0 radical (unpaired) electrons. The third kappa shape index (κ3) is 3.49. The number of amides is 1. The molecule has 2 atom stereocenters. The maximum absolute atomic E-state index is 13.5. The van der Waals surface area contributed by atoms with Crippen LogP contribution in [0, 0.1) is 0 Å². The van der Waals surface area contributed by atoms with E-state index in [1.54, 1.807) is 16.8 Å². The van der Waals surface area contributed by atoms with E-state index in [1.165, 1.54) is 0 Å². The van der Waals surface area contributed by atoms with Crippen molar-refractivity contribution in [3.8, 4) is 5.75 Å². The first-order valence-corrected chi connectivity index (χ1v) is 12.8. The summed E-state index contributed by atoms with van der Waals surface area (Å²) in [6.45, 7) is 2.84. The van der Waals surface area contributed by atoms with Crippen molar-refractivity contribution in [2.24, 2.45) is 0 Å². The molecule has 1 saturated heterocycles. The molecule has 1 aromatic carbocycles. The molecule has 3 aromatic rings. The van der Waals surface area contributed by atoms with Gasteiger partial charge in [-0.2, -0.15) is 5.10 Å². The zero-order chi connectivity index (χ0) is 23.8. The number of nitrogens with zero attached hydrogens (tertiary/aromatic N) is 3. The highest BCUT2D eigenvalue weighted by molar-refractivity contribution is 6.08. The third-order valence-corrected chi connectivity index (χ3v) is 8.36. The Kier molecular flexibility index (Phi) is 4.50. The maximum atomic E-state index is 13.5. The van der Waals surface area contributed by atoms with Crippen LogP contribution in [-0.2, 0) is 10.3 Å². The lowest BCUT2D eigenvalue weighted by molar-refractivity contribution is -0.0149. The zero-order valence-electron chi connectivity index (χ0n) is 20.0. The van der Waals surface area contributed by atoms with Gasteiger partial charge in [-0.05, 0) is 70.1 Å². The van der Waals surface area contributed by atoms with Gasteiger partial charge >= 0.3 is 0 Å². The van der Waals surface area contributed by atoms with E-state index in [9.17, 15) is 9.59 Å². The van der Waals surface area contributed by atoms with Crippen molar-refractivity contribution in [3.05, 3.63) is 52.6 Å². The lowest BCUT2D eigenvalue weighted by Gasteiger charge is -2.27. The minimum Gasteiger partial charge on any atom is -0.490 e. The Morgan fingerprint density at radius 3 is 2.74 bits per heavy atom. The first kappa shape index (κ1) is 21.2. The molecule has 1 N–H and O–H groups in total. The highest BCUT2D eigenvalue weighted by Gasteiger charge is 2.54. The molecule has 0 unspecified atom stereocenters. The number of rotatable bonds is 6. The second kappa shape index (κ2) is 7.43. The Bertz CT molecular complexity index is 1390. The van der Waals surface area contributed by atoms with Crippen LogP contribution in [0.3, 0.4) is 0 Å². The number of carbonyl (C=O) groups excluding carboxylic acids is 1.